The molecule has 4 rings (SSSR count). The first-order chi connectivity index (χ1) is 13.5. The molecule has 1 aliphatic heterocycles. The number of hydrogen-bond acceptors (Lipinski definition) is 4. The maximum atomic E-state index is 13.4. The van der Waals surface area contributed by atoms with Crippen molar-refractivity contribution in [3.8, 4) is 0 Å². The van der Waals surface area contributed by atoms with Gasteiger partial charge in [0.15, 0.2) is 0 Å². The summed E-state index contributed by atoms with van der Waals surface area (Å²) in [5, 5.41) is 11.7. The molecule has 1 aliphatic rings. The Hall–Kier alpha value is -2.25. The first-order valence-electron chi connectivity index (χ1n) is 8.89. The first-order valence-corrected chi connectivity index (χ1v) is 10.7. The van der Waals surface area contributed by atoms with Gasteiger partial charge in [0.05, 0.1) is 17.0 Å². The molecule has 0 saturated carbocycles. The number of sulfonamides is 1. The zero-order valence-corrected chi connectivity index (χ0v) is 16.5. The van der Waals surface area contributed by atoms with Crippen LogP contribution in [-0.4, -0.2) is 28.9 Å². The second kappa shape index (κ2) is 7.64. The summed E-state index contributed by atoms with van der Waals surface area (Å²) in [5.74, 6) is 0. The van der Waals surface area contributed by atoms with Crippen molar-refractivity contribution in [1.29, 1.82) is 0 Å². The van der Waals surface area contributed by atoms with E-state index in [2.05, 4.69) is 4.98 Å². The van der Waals surface area contributed by atoms with Crippen molar-refractivity contribution in [1.82, 2.24) is 9.29 Å². The number of nitrogens with zero attached hydrogens (tertiary/aromatic N) is 2. The van der Waals surface area contributed by atoms with Gasteiger partial charge in [0.1, 0.15) is 0 Å². The van der Waals surface area contributed by atoms with Crippen LogP contribution in [0.15, 0.2) is 78.0 Å². The van der Waals surface area contributed by atoms with Crippen LogP contribution in [0.4, 0.5) is 0 Å². The van der Waals surface area contributed by atoms with Crippen LogP contribution in [0.5, 0.6) is 0 Å². The highest BCUT2D eigenvalue weighted by Crippen LogP contribution is 2.38. The van der Waals surface area contributed by atoms with Crippen molar-refractivity contribution in [3.63, 3.8) is 0 Å². The van der Waals surface area contributed by atoms with Gasteiger partial charge in [-0.15, -0.1) is 0 Å². The van der Waals surface area contributed by atoms with Crippen LogP contribution in [0, 0.1) is 0 Å². The van der Waals surface area contributed by atoms with Crippen LogP contribution in [0.2, 0.25) is 5.02 Å². The molecule has 28 heavy (non-hydrogen) atoms. The van der Waals surface area contributed by atoms with Crippen LogP contribution in [-0.2, 0) is 23.0 Å². The lowest BCUT2D eigenvalue weighted by atomic mass is 9.95. The molecular formula is C21H19ClN2O3S. The molecule has 0 amide bonds. The highest BCUT2D eigenvalue weighted by atomic mass is 35.5. The Labute approximate surface area is 169 Å². The fraction of sp³-hybridized carbons (Fsp3) is 0.190. The summed E-state index contributed by atoms with van der Waals surface area (Å²) in [7, 11) is -3.77. The molecule has 2 heterocycles. The molecule has 0 saturated heterocycles. The van der Waals surface area contributed by atoms with Gasteiger partial charge in [-0.05, 0) is 41.8 Å². The normalized spacial score (nSPS) is 21.2. The maximum Gasteiger partial charge on any atom is 0.244 e. The van der Waals surface area contributed by atoms with Crippen molar-refractivity contribution in [2.75, 3.05) is 0 Å². The quantitative estimate of drug-likeness (QED) is 0.708. The minimum absolute atomic E-state index is 0.139. The fourth-order valence-electron chi connectivity index (χ4n) is 3.58. The molecule has 0 radical (unpaired) electrons. The number of fused-ring (bicyclic) bond motifs is 1. The summed E-state index contributed by atoms with van der Waals surface area (Å²) < 4.78 is 28.1. The molecule has 2 atom stereocenters. The van der Waals surface area contributed by atoms with Gasteiger partial charge in [-0.1, -0.05) is 48.0 Å². The number of benzene rings is 2. The molecule has 1 N–H and O–H groups in total. The standard InChI is InChI=1S/C21H19ClN2O3S/c22-17-9-7-15(8-10-17)12-19-21(25)18-5-1-2-6-20(18)28(26,27)24(19)14-16-4-3-11-23-13-16/h1-11,13,19,21,25H,12,14H2/t19-,21+/m0/s1. The van der Waals surface area contributed by atoms with Gasteiger partial charge in [-0.2, -0.15) is 4.31 Å². The van der Waals surface area contributed by atoms with Crippen molar-refractivity contribution < 1.29 is 13.5 Å². The van der Waals surface area contributed by atoms with E-state index in [0.29, 0.717) is 17.0 Å². The summed E-state index contributed by atoms with van der Waals surface area (Å²) in [6.45, 7) is 0.139. The van der Waals surface area contributed by atoms with Crippen molar-refractivity contribution in [3.05, 3.63) is 94.8 Å². The number of rotatable bonds is 4. The Morgan fingerprint density at radius 1 is 1.00 bits per heavy atom. The summed E-state index contributed by atoms with van der Waals surface area (Å²) in [6.07, 6.45) is 2.71. The monoisotopic (exact) mass is 414 g/mol. The summed E-state index contributed by atoms with van der Waals surface area (Å²) in [4.78, 5) is 4.23. The molecule has 0 bridgehead atoms. The van der Waals surface area contributed by atoms with E-state index in [9.17, 15) is 13.5 Å². The lowest BCUT2D eigenvalue weighted by molar-refractivity contribution is 0.0769. The lowest BCUT2D eigenvalue weighted by Crippen LogP contribution is -2.48. The van der Waals surface area contributed by atoms with Crippen molar-refractivity contribution in [2.45, 2.75) is 30.0 Å². The first kappa shape index (κ1) is 19.1. The molecule has 1 aromatic heterocycles. The van der Waals surface area contributed by atoms with Crippen molar-refractivity contribution in [2.24, 2.45) is 0 Å². The number of hydrogen-bond donors (Lipinski definition) is 1. The molecule has 0 unspecified atom stereocenters. The molecular weight excluding hydrogens is 396 g/mol. The Kier molecular flexibility index (Phi) is 5.21. The van der Waals surface area contributed by atoms with E-state index in [1.165, 1.54) is 4.31 Å². The number of pyridine rings is 1. The van der Waals surface area contributed by atoms with Gasteiger partial charge in [-0.3, -0.25) is 4.98 Å². The number of aliphatic hydroxyl groups is 1. The average molecular weight is 415 g/mol. The van der Waals surface area contributed by atoms with Gasteiger partial charge in [0.2, 0.25) is 10.0 Å². The van der Waals surface area contributed by atoms with E-state index >= 15 is 0 Å². The minimum atomic E-state index is -3.77. The number of halogens is 1. The van der Waals surface area contributed by atoms with Crippen LogP contribution in [0.1, 0.15) is 22.8 Å². The molecule has 0 aliphatic carbocycles. The topological polar surface area (TPSA) is 70.5 Å². The van der Waals surface area contributed by atoms with E-state index in [0.717, 1.165) is 11.1 Å². The predicted molar refractivity (Wildman–Crippen MR) is 107 cm³/mol. The largest absolute Gasteiger partial charge is 0.387 e. The van der Waals surface area contributed by atoms with E-state index in [4.69, 9.17) is 11.6 Å². The van der Waals surface area contributed by atoms with E-state index < -0.39 is 22.2 Å². The Balaban J connectivity index is 1.78. The van der Waals surface area contributed by atoms with Crippen LogP contribution < -0.4 is 0 Å². The van der Waals surface area contributed by atoms with Crippen molar-refractivity contribution >= 4 is 21.6 Å². The summed E-state index contributed by atoms with van der Waals surface area (Å²) in [6, 6.07) is 16.8. The molecule has 3 aromatic rings. The highest BCUT2D eigenvalue weighted by Gasteiger charge is 2.43. The zero-order chi connectivity index (χ0) is 19.7. The third-order valence-electron chi connectivity index (χ3n) is 4.98. The zero-order valence-electron chi connectivity index (χ0n) is 14.9. The number of aliphatic hydroxyl groups excluding tert-OH is 1. The number of aromatic nitrogens is 1. The molecule has 7 heteroatoms. The van der Waals surface area contributed by atoms with E-state index in [-0.39, 0.29) is 11.4 Å². The van der Waals surface area contributed by atoms with Gasteiger partial charge < -0.3 is 5.11 Å². The van der Waals surface area contributed by atoms with Crippen LogP contribution in [0.25, 0.3) is 0 Å². The van der Waals surface area contributed by atoms with E-state index in [1.807, 2.05) is 18.2 Å². The molecule has 2 aromatic carbocycles. The molecule has 0 fully saturated rings. The highest BCUT2D eigenvalue weighted by molar-refractivity contribution is 7.89. The van der Waals surface area contributed by atoms with Gasteiger partial charge >= 0.3 is 0 Å². The molecule has 0 spiro atoms. The minimum Gasteiger partial charge on any atom is -0.387 e. The smallest absolute Gasteiger partial charge is 0.244 e. The second-order valence-corrected chi connectivity index (χ2v) is 9.09. The molecule has 5 nitrogen and oxygen atoms in total. The van der Waals surface area contributed by atoms with Crippen LogP contribution >= 0.6 is 11.6 Å². The molecule has 144 valence electrons. The van der Waals surface area contributed by atoms with E-state index in [1.54, 1.807) is 54.9 Å². The average Bonchev–Trinajstić information content (AvgIpc) is 2.71. The third-order valence-corrected chi connectivity index (χ3v) is 7.17. The fourth-order valence-corrected chi connectivity index (χ4v) is 5.56. The van der Waals surface area contributed by atoms with Gasteiger partial charge in [-0.25, -0.2) is 8.42 Å². The predicted octanol–water partition coefficient (Wildman–Crippen LogP) is 3.58. The Morgan fingerprint density at radius 3 is 2.46 bits per heavy atom. The third kappa shape index (κ3) is 3.56. The second-order valence-electron chi connectivity index (χ2n) is 6.79. The Bertz CT molecular complexity index is 1070. The summed E-state index contributed by atoms with van der Waals surface area (Å²) in [5.41, 5.74) is 2.10. The Morgan fingerprint density at radius 2 is 1.75 bits per heavy atom. The maximum absolute atomic E-state index is 13.4. The van der Waals surface area contributed by atoms with Crippen LogP contribution in [0.3, 0.4) is 0 Å². The van der Waals surface area contributed by atoms with Gasteiger partial charge in [0.25, 0.3) is 0 Å². The van der Waals surface area contributed by atoms with Gasteiger partial charge in [0, 0.05) is 29.5 Å². The lowest BCUT2D eigenvalue weighted by Gasteiger charge is -2.39. The summed E-state index contributed by atoms with van der Waals surface area (Å²) >= 11 is 5.97. The SMILES string of the molecule is O=S1(=O)c2ccccc2[C@@H](O)[C@H](Cc2ccc(Cl)cc2)N1Cc1cccnc1.